The molecule has 0 aromatic heterocycles. The average Bonchev–Trinajstić information content (AvgIpc) is 2.55. The quantitative estimate of drug-likeness (QED) is 0.924. The minimum absolute atomic E-state index is 0.119. The molecule has 5 nitrogen and oxygen atoms in total. The predicted molar refractivity (Wildman–Crippen MR) is 91.8 cm³/mol. The highest BCUT2D eigenvalue weighted by Crippen LogP contribution is 2.33. The molecule has 2 aromatic rings. The van der Waals surface area contributed by atoms with Gasteiger partial charge in [-0.25, -0.2) is 8.42 Å². The number of carboxylic acid groups (broad SMARTS) is 1. The first-order valence-electron chi connectivity index (χ1n) is 7.81. The van der Waals surface area contributed by atoms with Crippen LogP contribution in [0.2, 0.25) is 0 Å². The van der Waals surface area contributed by atoms with Gasteiger partial charge in [-0.05, 0) is 54.7 Å². The van der Waals surface area contributed by atoms with E-state index in [4.69, 9.17) is 5.11 Å². The van der Waals surface area contributed by atoms with Crippen LogP contribution in [0.4, 0.5) is 5.69 Å². The van der Waals surface area contributed by atoms with Crippen molar-refractivity contribution in [2.45, 2.75) is 31.1 Å². The van der Waals surface area contributed by atoms with Crippen LogP contribution in [0.3, 0.4) is 0 Å². The number of carboxylic acids is 1. The minimum atomic E-state index is -3.65. The number of nitrogens with zero attached hydrogens (tertiary/aromatic N) is 1. The number of carbonyl (C=O) groups is 1. The summed E-state index contributed by atoms with van der Waals surface area (Å²) in [7, 11) is -3.65. The van der Waals surface area contributed by atoms with Crippen molar-refractivity contribution in [3.05, 3.63) is 59.2 Å². The largest absolute Gasteiger partial charge is 0.481 e. The number of hydrogen-bond donors (Lipinski definition) is 1. The Bertz CT molecular complexity index is 872. The minimum Gasteiger partial charge on any atom is -0.481 e. The van der Waals surface area contributed by atoms with Crippen molar-refractivity contribution in [2.75, 3.05) is 10.8 Å². The molecule has 1 aliphatic heterocycles. The zero-order chi connectivity index (χ0) is 17.3. The van der Waals surface area contributed by atoms with E-state index < -0.39 is 16.0 Å². The van der Waals surface area contributed by atoms with Crippen molar-refractivity contribution >= 4 is 21.7 Å². The van der Waals surface area contributed by atoms with Gasteiger partial charge in [-0.1, -0.05) is 24.3 Å². The third-order valence-electron chi connectivity index (χ3n) is 4.31. The molecule has 0 amide bonds. The van der Waals surface area contributed by atoms with Crippen molar-refractivity contribution in [3.8, 4) is 0 Å². The summed E-state index contributed by atoms with van der Waals surface area (Å²) in [6.07, 6.45) is 1.55. The van der Waals surface area contributed by atoms with E-state index in [1.807, 2.05) is 25.1 Å². The third-order valence-corrected chi connectivity index (χ3v) is 6.14. The molecule has 0 saturated heterocycles. The van der Waals surface area contributed by atoms with Crippen LogP contribution in [-0.2, 0) is 27.7 Å². The molecule has 126 valence electrons. The zero-order valence-corrected chi connectivity index (χ0v) is 14.2. The van der Waals surface area contributed by atoms with E-state index in [2.05, 4.69) is 0 Å². The maximum atomic E-state index is 13.0. The van der Waals surface area contributed by atoms with E-state index in [9.17, 15) is 13.2 Å². The standard InChI is InChI=1S/C18H19NO4S/c1-13-4-2-6-17-16(13)5-3-11-19(17)24(22,23)15-9-7-14(8-10-15)12-18(20)21/h2,4,6-10H,3,5,11-12H2,1H3,(H,20,21). The van der Waals surface area contributed by atoms with Crippen LogP contribution in [-0.4, -0.2) is 26.0 Å². The molecule has 0 aliphatic carbocycles. The number of fused-ring (bicyclic) bond motifs is 1. The molecule has 0 unspecified atom stereocenters. The number of hydrogen-bond acceptors (Lipinski definition) is 3. The summed E-state index contributed by atoms with van der Waals surface area (Å²) in [5, 5.41) is 8.81. The summed E-state index contributed by atoms with van der Waals surface area (Å²) in [5.74, 6) is -0.939. The van der Waals surface area contributed by atoms with Crippen LogP contribution in [0, 0.1) is 6.92 Å². The van der Waals surface area contributed by atoms with E-state index in [-0.39, 0.29) is 11.3 Å². The molecule has 1 aliphatic rings. The van der Waals surface area contributed by atoms with Crippen molar-refractivity contribution in [3.63, 3.8) is 0 Å². The topological polar surface area (TPSA) is 74.7 Å². The Hall–Kier alpha value is -2.34. The number of anilines is 1. The monoisotopic (exact) mass is 345 g/mol. The van der Waals surface area contributed by atoms with Gasteiger partial charge in [-0.3, -0.25) is 9.10 Å². The fraction of sp³-hybridized carbons (Fsp3) is 0.278. The SMILES string of the molecule is Cc1cccc2c1CCCN2S(=O)(=O)c1ccc(CC(=O)O)cc1. The Labute approximate surface area is 141 Å². The second-order valence-electron chi connectivity index (χ2n) is 5.97. The fourth-order valence-electron chi connectivity index (χ4n) is 3.10. The van der Waals surface area contributed by atoms with Gasteiger partial charge < -0.3 is 5.11 Å². The summed E-state index contributed by atoms with van der Waals surface area (Å²) in [5.41, 5.74) is 3.51. The number of aliphatic carboxylic acids is 1. The van der Waals surface area contributed by atoms with Gasteiger partial charge in [0.1, 0.15) is 0 Å². The molecule has 3 rings (SSSR count). The van der Waals surface area contributed by atoms with E-state index in [0.717, 1.165) is 29.7 Å². The molecule has 0 atom stereocenters. The molecule has 0 fully saturated rings. The molecular weight excluding hydrogens is 326 g/mol. The highest BCUT2D eigenvalue weighted by atomic mass is 32.2. The average molecular weight is 345 g/mol. The lowest BCUT2D eigenvalue weighted by molar-refractivity contribution is -0.136. The van der Waals surface area contributed by atoms with Crippen molar-refractivity contribution < 1.29 is 18.3 Å². The normalized spacial score (nSPS) is 14.3. The smallest absolute Gasteiger partial charge is 0.307 e. The summed E-state index contributed by atoms with van der Waals surface area (Å²) in [6, 6.07) is 11.8. The van der Waals surface area contributed by atoms with Gasteiger partial charge in [0.2, 0.25) is 0 Å². The second-order valence-corrected chi connectivity index (χ2v) is 7.83. The van der Waals surface area contributed by atoms with Crippen LogP contribution < -0.4 is 4.31 Å². The molecule has 0 spiro atoms. The maximum Gasteiger partial charge on any atom is 0.307 e. The van der Waals surface area contributed by atoms with Gasteiger partial charge in [0.15, 0.2) is 0 Å². The van der Waals surface area contributed by atoms with E-state index >= 15 is 0 Å². The second kappa shape index (κ2) is 6.28. The fourth-order valence-corrected chi connectivity index (χ4v) is 4.63. The molecule has 24 heavy (non-hydrogen) atoms. The maximum absolute atomic E-state index is 13.0. The number of rotatable bonds is 4. The van der Waals surface area contributed by atoms with Crippen LogP contribution in [0.5, 0.6) is 0 Å². The lowest BCUT2D eigenvalue weighted by Gasteiger charge is -2.31. The summed E-state index contributed by atoms with van der Waals surface area (Å²) in [4.78, 5) is 10.9. The molecule has 2 aromatic carbocycles. The molecule has 0 bridgehead atoms. The molecular formula is C18H19NO4S. The first-order chi connectivity index (χ1) is 11.4. The summed E-state index contributed by atoms with van der Waals surface area (Å²) < 4.78 is 27.5. The van der Waals surface area contributed by atoms with E-state index in [1.165, 1.54) is 16.4 Å². The van der Waals surface area contributed by atoms with Crippen molar-refractivity contribution in [1.29, 1.82) is 0 Å². The van der Waals surface area contributed by atoms with Gasteiger partial charge >= 0.3 is 5.97 Å². The Balaban J connectivity index is 1.98. The molecule has 0 radical (unpaired) electrons. The highest BCUT2D eigenvalue weighted by molar-refractivity contribution is 7.92. The first-order valence-corrected chi connectivity index (χ1v) is 9.25. The van der Waals surface area contributed by atoms with Crippen LogP contribution in [0.15, 0.2) is 47.4 Å². The lowest BCUT2D eigenvalue weighted by atomic mass is 9.99. The van der Waals surface area contributed by atoms with Crippen LogP contribution in [0.25, 0.3) is 0 Å². The van der Waals surface area contributed by atoms with Gasteiger partial charge in [0.05, 0.1) is 17.0 Å². The summed E-state index contributed by atoms with van der Waals surface area (Å²) in [6.45, 7) is 2.45. The zero-order valence-electron chi connectivity index (χ0n) is 13.4. The first kappa shape index (κ1) is 16.5. The lowest BCUT2D eigenvalue weighted by Crippen LogP contribution is -2.35. The molecule has 6 heteroatoms. The summed E-state index contributed by atoms with van der Waals surface area (Å²) >= 11 is 0. The van der Waals surface area contributed by atoms with Crippen LogP contribution in [0.1, 0.15) is 23.1 Å². The highest BCUT2D eigenvalue weighted by Gasteiger charge is 2.29. The number of benzene rings is 2. The molecule has 1 heterocycles. The Morgan fingerprint density at radius 3 is 2.54 bits per heavy atom. The number of aryl methyl sites for hydroxylation is 1. The Kier molecular flexibility index (Phi) is 4.32. The Morgan fingerprint density at radius 2 is 1.88 bits per heavy atom. The third kappa shape index (κ3) is 3.01. The van der Waals surface area contributed by atoms with Gasteiger partial charge in [0.25, 0.3) is 10.0 Å². The van der Waals surface area contributed by atoms with Crippen LogP contribution >= 0.6 is 0 Å². The van der Waals surface area contributed by atoms with Crippen molar-refractivity contribution in [2.24, 2.45) is 0 Å². The van der Waals surface area contributed by atoms with E-state index in [1.54, 1.807) is 12.1 Å². The van der Waals surface area contributed by atoms with Gasteiger partial charge in [0, 0.05) is 6.54 Å². The number of sulfonamides is 1. The molecule has 1 N–H and O–H groups in total. The van der Waals surface area contributed by atoms with E-state index in [0.29, 0.717) is 12.1 Å². The van der Waals surface area contributed by atoms with Gasteiger partial charge in [-0.2, -0.15) is 0 Å². The van der Waals surface area contributed by atoms with Crippen molar-refractivity contribution in [1.82, 2.24) is 0 Å². The molecule has 0 saturated carbocycles. The predicted octanol–water partition coefficient (Wildman–Crippen LogP) is 2.76. The Morgan fingerprint density at radius 1 is 1.17 bits per heavy atom. The van der Waals surface area contributed by atoms with Gasteiger partial charge in [-0.15, -0.1) is 0 Å².